The Bertz CT molecular complexity index is 480. The maximum absolute atomic E-state index is 12.0. The molecule has 1 aliphatic heterocycles. The second-order valence-electron chi connectivity index (χ2n) is 4.16. The summed E-state index contributed by atoms with van der Waals surface area (Å²) in [6, 6.07) is 0. The molecule has 2 heterocycles. The summed E-state index contributed by atoms with van der Waals surface area (Å²) in [7, 11) is -3.44. The average Bonchev–Trinajstić information content (AvgIpc) is 2.63. The summed E-state index contributed by atoms with van der Waals surface area (Å²) in [6.07, 6.45) is 3.42. The molecule has 17 heavy (non-hydrogen) atoms. The van der Waals surface area contributed by atoms with Crippen molar-refractivity contribution in [3.05, 3.63) is 9.98 Å². The average molecular weight is 340 g/mol. The van der Waals surface area contributed by atoms with Gasteiger partial charge in [0, 0.05) is 13.1 Å². The Morgan fingerprint density at radius 1 is 1.53 bits per heavy atom. The third-order valence-corrected chi connectivity index (χ3v) is 5.79. The summed E-state index contributed by atoms with van der Waals surface area (Å²) in [4.78, 5) is 3.97. The Labute approximate surface area is 114 Å². The van der Waals surface area contributed by atoms with E-state index in [-0.39, 0.29) is 0 Å². The first kappa shape index (κ1) is 13.3. The first-order valence-electron chi connectivity index (χ1n) is 5.36. The molecular formula is C9H14BrN3O2S2. The molecule has 1 N–H and O–H groups in total. The van der Waals surface area contributed by atoms with Crippen LogP contribution in [0.15, 0.2) is 9.98 Å². The van der Waals surface area contributed by atoms with Gasteiger partial charge in [-0.1, -0.05) is 18.3 Å². The minimum atomic E-state index is -3.44. The molecule has 2 rings (SSSR count). The lowest BCUT2D eigenvalue weighted by Gasteiger charge is -2.29. The molecule has 1 aliphatic rings. The number of rotatable bonds is 3. The second-order valence-corrected chi connectivity index (χ2v) is 8.24. The van der Waals surface area contributed by atoms with E-state index >= 15 is 0 Å². The predicted octanol–water partition coefficient (Wildman–Crippen LogP) is 2.29. The molecule has 1 aromatic rings. The monoisotopic (exact) mass is 339 g/mol. The quantitative estimate of drug-likeness (QED) is 0.918. The van der Waals surface area contributed by atoms with Crippen LogP contribution in [0.4, 0.5) is 5.13 Å². The number of piperidine rings is 1. The summed E-state index contributed by atoms with van der Waals surface area (Å²) >= 11 is 4.52. The molecule has 0 spiro atoms. The zero-order chi connectivity index (χ0) is 12.5. The molecule has 0 radical (unpaired) electrons. The first-order valence-corrected chi connectivity index (χ1v) is 8.41. The molecule has 0 aromatic carbocycles. The highest BCUT2D eigenvalue weighted by atomic mass is 79.9. The van der Waals surface area contributed by atoms with Crippen molar-refractivity contribution < 1.29 is 8.42 Å². The van der Waals surface area contributed by atoms with Crippen LogP contribution in [0.5, 0.6) is 0 Å². The molecule has 1 saturated heterocycles. The van der Waals surface area contributed by atoms with Crippen LogP contribution in [0.25, 0.3) is 0 Å². The highest BCUT2D eigenvalue weighted by molar-refractivity contribution is 9.11. The predicted molar refractivity (Wildman–Crippen MR) is 72.3 cm³/mol. The number of hydrogen-bond donors (Lipinski definition) is 1. The van der Waals surface area contributed by atoms with Gasteiger partial charge in [-0.2, -0.15) is 12.7 Å². The molecule has 0 aliphatic carbocycles. The molecule has 96 valence electrons. The van der Waals surface area contributed by atoms with Gasteiger partial charge in [0.2, 0.25) is 0 Å². The van der Waals surface area contributed by atoms with E-state index in [9.17, 15) is 8.42 Å². The van der Waals surface area contributed by atoms with Crippen molar-refractivity contribution in [2.45, 2.75) is 19.8 Å². The number of hydrogen-bond acceptors (Lipinski definition) is 4. The third-order valence-electron chi connectivity index (χ3n) is 2.78. The zero-order valence-electron chi connectivity index (χ0n) is 9.39. The van der Waals surface area contributed by atoms with Crippen molar-refractivity contribution >= 4 is 42.6 Å². The van der Waals surface area contributed by atoms with Gasteiger partial charge in [-0.05, 0) is 34.7 Å². The van der Waals surface area contributed by atoms with Gasteiger partial charge >= 0.3 is 10.2 Å². The molecule has 5 nitrogen and oxygen atoms in total. The summed E-state index contributed by atoms with van der Waals surface area (Å²) in [5, 5.41) is 0.399. The lowest BCUT2D eigenvalue weighted by Crippen LogP contribution is -2.41. The Kier molecular flexibility index (Phi) is 4.06. The maximum Gasteiger partial charge on any atom is 0.303 e. The van der Waals surface area contributed by atoms with Gasteiger partial charge in [-0.3, -0.25) is 0 Å². The van der Waals surface area contributed by atoms with Gasteiger partial charge in [0.15, 0.2) is 5.13 Å². The SMILES string of the molecule is CC1CCN(S(=O)(=O)Nc2ncc(Br)s2)CC1. The second kappa shape index (κ2) is 5.21. The smallest absolute Gasteiger partial charge is 0.246 e. The van der Waals surface area contributed by atoms with Crippen LogP contribution in [0, 0.1) is 5.92 Å². The van der Waals surface area contributed by atoms with Crippen molar-refractivity contribution in [3.8, 4) is 0 Å². The standard InChI is InChI=1S/C9H14BrN3O2S2/c1-7-2-4-13(5-3-7)17(14,15)12-9-11-6-8(10)16-9/h6-7H,2-5H2,1H3,(H,11,12). The molecule has 0 amide bonds. The molecule has 1 fully saturated rings. The fourth-order valence-electron chi connectivity index (χ4n) is 1.70. The van der Waals surface area contributed by atoms with Crippen molar-refractivity contribution in [3.63, 3.8) is 0 Å². The number of halogens is 1. The molecule has 0 atom stereocenters. The van der Waals surface area contributed by atoms with Crippen LogP contribution in [-0.2, 0) is 10.2 Å². The third kappa shape index (κ3) is 3.40. The van der Waals surface area contributed by atoms with Gasteiger partial charge in [0.25, 0.3) is 0 Å². The van der Waals surface area contributed by atoms with Crippen LogP contribution in [0.2, 0.25) is 0 Å². The lowest BCUT2D eigenvalue weighted by molar-refractivity contribution is 0.289. The minimum absolute atomic E-state index is 0.399. The van der Waals surface area contributed by atoms with Crippen LogP contribution in [0.3, 0.4) is 0 Å². The molecule has 8 heteroatoms. The minimum Gasteiger partial charge on any atom is -0.246 e. The Balaban J connectivity index is 2.04. The first-order chi connectivity index (χ1) is 7.97. The van der Waals surface area contributed by atoms with Crippen molar-refractivity contribution in [2.75, 3.05) is 17.8 Å². The zero-order valence-corrected chi connectivity index (χ0v) is 12.6. The largest absolute Gasteiger partial charge is 0.303 e. The van der Waals surface area contributed by atoms with Crippen molar-refractivity contribution in [1.82, 2.24) is 9.29 Å². The molecule has 0 unspecified atom stereocenters. The molecule has 1 aromatic heterocycles. The van der Waals surface area contributed by atoms with Gasteiger partial charge in [0.1, 0.15) is 0 Å². The van der Waals surface area contributed by atoms with Crippen molar-refractivity contribution in [1.29, 1.82) is 0 Å². The Hall–Kier alpha value is -0.180. The fraction of sp³-hybridized carbons (Fsp3) is 0.667. The highest BCUT2D eigenvalue weighted by Gasteiger charge is 2.26. The van der Waals surface area contributed by atoms with E-state index in [2.05, 4.69) is 32.6 Å². The Morgan fingerprint density at radius 3 is 2.71 bits per heavy atom. The molecular weight excluding hydrogens is 326 g/mol. The highest BCUT2D eigenvalue weighted by Crippen LogP contribution is 2.25. The molecule has 0 bridgehead atoms. The van der Waals surface area contributed by atoms with Gasteiger partial charge < -0.3 is 0 Å². The van der Waals surface area contributed by atoms with Gasteiger partial charge in [0.05, 0.1) is 9.98 Å². The van der Waals surface area contributed by atoms with E-state index in [0.717, 1.165) is 16.6 Å². The van der Waals surface area contributed by atoms with E-state index in [1.54, 1.807) is 6.20 Å². The van der Waals surface area contributed by atoms with Crippen LogP contribution in [0.1, 0.15) is 19.8 Å². The van der Waals surface area contributed by atoms with Crippen LogP contribution in [-0.4, -0.2) is 30.8 Å². The van der Waals surface area contributed by atoms with E-state index in [4.69, 9.17) is 0 Å². The summed E-state index contributed by atoms with van der Waals surface area (Å²) in [6.45, 7) is 3.32. The van der Waals surface area contributed by atoms with Gasteiger partial charge in [-0.25, -0.2) is 9.71 Å². The maximum atomic E-state index is 12.0. The number of nitrogens with one attached hydrogen (secondary N) is 1. The summed E-state index contributed by atoms with van der Waals surface area (Å²) in [5.74, 6) is 0.607. The number of anilines is 1. The normalized spacial score (nSPS) is 19.4. The number of nitrogens with zero attached hydrogens (tertiary/aromatic N) is 2. The Morgan fingerprint density at radius 2 is 2.18 bits per heavy atom. The molecule has 0 saturated carbocycles. The number of thiazole rings is 1. The topological polar surface area (TPSA) is 62.3 Å². The van der Waals surface area contributed by atoms with Crippen molar-refractivity contribution in [2.24, 2.45) is 5.92 Å². The lowest BCUT2D eigenvalue weighted by atomic mass is 10.0. The summed E-state index contributed by atoms with van der Waals surface area (Å²) in [5.41, 5.74) is 0. The van der Waals surface area contributed by atoms with Crippen LogP contribution < -0.4 is 4.72 Å². The van der Waals surface area contributed by atoms with Gasteiger partial charge in [-0.15, -0.1) is 0 Å². The van der Waals surface area contributed by atoms with E-state index in [0.29, 0.717) is 24.1 Å². The van der Waals surface area contributed by atoms with E-state index in [1.807, 2.05) is 0 Å². The van der Waals surface area contributed by atoms with E-state index in [1.165, 1.54) is 15.6 Å². The van der Waals surface area contributed by atoms with E-state index < -0.39 is 10.2 Å². The van der Waals surface area contributed by atoms with Crippen LogP contribution >= 0.6 is 27.3 Å². The fourth-order valence-corrected chi connectivity index (χ4v) is 4.24. The summed E-state index contributed by atoms with van der Waals surface area (Å²) < 4.78 is 28.9. The number of aromatic nitrogens is 1.